The lowest BCUT2D eigenvalue weighted by molar-refractivity contribution is 0.253. The second-order valence-corrected chi connectivity index (χ2v) is 8.12. The Morgan fingerprint density at radius 1 is 1.15 bits per heavy atom. The van der Waals surface area contributed by atoms with Crippen LogP contribution in [0, 0.1) is 5.92 Å². The fourth-order valence-electron chi connectivity index (χ4n) is 3.14. The van der Waals surface area contributed by atoms with Crippen molar-refractivity contribution in [3.63, 3.8) is 0 Å². The molecule has 1 saturated heterocycles. The van der Waals surface area contributed by atoms with Gasteiger partial charge in [0.15, 0.2) is 0 Å². The standard InChI is InChI=1S/C14H29N3O2S/c1-13-5-3-2-4-6-14(13)16-20(18,19)12-11-17-9-7-15-8-10-17/h13-16H,2-12H2,1H3. The summed E-state index contributed by atoms with van der Waals surface area (Å²) in [7, 11) is -3.14. The third-order valence-electron chi connectivity index (χ3n) is 4.58. The molecule has 0 radical (unpaired) electrons. The Balaban J connectivity index is 1.79. The third kappa shape index (κ3) is 5.31. The fourth-order valence-corrected chi connectivity index (χ4v) is 4.57. The molecule has 2 aliphatic rings. The van der Waals surface area contributed by atoms with Crippen LogP contribution in [0.25, 0.3) is 0 Å². The molecule has 118 valence electrons. The minimum Gasteiger partial charge on any atom is -0.314 e. The van der Waals surface area contributed by atoms with Gasteiger partial charge in [0, 0.05) is 38.8 Å². The van der Waals surface area contributed by atoms with Gasteiger partial charge in [-0.1, -0.05) is 26.2 Å². The van der Waals surface area contributed by atoms with Crippen LogP contribution in [0.15, 0.2) is 0 Å². The lowest BCUT2D eigenvalue weighted by atomic mass is 9.98. The molecule has 0 aromatic carbocycles. The van der Waals surface area contributed by atoms with Crippen molar-refractivity contribution in [2.24, 2.45) is 5.92 Å². The van der Waals surface area contributed by atoms with Gasteiger partial charge in [-0.2, -0.15) is 0 Å². The summed E-state index contributed by atoms with van der Waals surface area (Å²) in [5.41, 5.74) is 0. The van der Waals surface area contributed by atoms with Crippen LogP contribution < -0.4 is 10.0 Å². The molecular formula is C14H29N3O2S. The number of rotatable bonds is 5. The summed E-state index contributed by atoms with van der Waals surface area (Å²) in [6.45, 7) is 6.66. The minimum atomic E-state index is -3.14. The molecule has 0 bridgehead atoms. The third-order valence-corrected chi connectivity index (χ3v) is 5.96. The number of sulfonamides is 1. The Morgan fingerprint density at radius 2 is 1.85 bits per heavy atom. The molecule has 2 N–H and O–H groups in total. The molecule has 2 atom stereocenters. The van der Waals surface area contributed by atoms with Crippen LogP contribution >= 0.6 is 0 Å². The van der Waals surface area contributed by atoms with E-state index in [1.165, 1.54) is 12.8 Å². The lowest BCUT2D eigenvalue weighted by Gasteiger charge is -2.28. The summed E-state index contributed by atoms with van der Waals surface area (Å²) in [5, 5.41) is 3.28. The second kappa shape index (κ2) is 7.73. The highest BCUT2D eigenvalue weighted by atomic mass is 32.2. The minimum absolute atomic E-state index is 0.144. The first kappa shape index (κ1) is 16.2. The predicted molar refractivity (Wildman–Crippen MR) is 82.3 cm³/mol. The van der Waals surface area contributed by atoms with Gasteiger partial charge in [-0.15, -0.1) is 0 Å². The van der Waals surface area contributed by atoms with E-state index in [4.69, 9.17) is 0 Å². The molecule has 1 heterocycles. The van der Waals surface area contributed by atoms with E-state index < -0.39 is 10.0 Å². The van der Waals surface area contributed by atoms with Crippen molar-refractivity contribution in [3.05, 3.63) is 0 Å². The first-order valence-corrected chi connectivity index (χ1v) is 9.65. The monoisotopic (exact) mass is 303 g/mol. The van der Waals surface area contributed by atoms with Gasteiger partial charge >= 0.3 is 0 Å². The molecule has 1 saturated carbocycles. The number of piperazine rings is 1. The molecule has 20 heavy (non-hydrogen) atoms. The molecule has 1 aliphatic heterocycles. The summed E-state index contributed by atoms with van der Waals surface area (Å²) in [6.07, 6.45) is 5.76. The second-order valence-electron chi connectivity index (χ2n) is 6.25. The summed E-state index contributed by atoms with van der Waals surface area (Å²) in [4.78, 5) is 2.23. The summed E-state index contributed by atoms with van der Waals surface area (Å²) in [5.74, 6) is 0.697. The molecule has 0 amide bonds. The molecular weight excluding hydrogens is 274 g/mol. The van der Waals surface area contributed by atoms with Crippen molar-refractivity contribution in [1.82, 2.24) is 14.9 Å². The number of nitrogens with one attached hydrogen (secondary N) is 2. The highest BCUT2D eigenvalue weighted by Crippen LogP contribution is 2.23. The summed E-state index contributed by atoms with van der Waals surface area (Å²) < 4.78 is 27.4. The Labute approximate surface area is 123 Å². The van der Waals surface area contributed by atoms with Crippen LogP contribution in [-0.4, -0.2) is 57.8 Å². The predicted octanol–water partition coefficient (Wildman–Crippen LogP) is 0.780. The average Bonchev–Trinajstić information content (AvgIpc) is 2.63. The van der Waals surface area contributed by atoms with E-state index in [-0.39, 0.29) is 11.8 Å². The smallest absolute Gasteiger partial charge is 0.213 e. The molecule has 2 rings (SSSR count). The highest BCUT2D eigenvalue weighted by molar-refractivity contribution is 7.89. The van der Waals surface area contributed by atoms with Gasteiger partial charge in [0.2, 0.25) is 10.0 Å². The van der Waals surface area contributed by atoms with Gasteiger partial charge in [-0.25, -0.2) is 13.1 Å². The number of hydrogen-bond acceptors (Lipinski definition) is 4. The zero-order chi connectivity index (χ0) is 14.4. The zero-order valence-electron chi connectivity index (χ0n) is 12.6. The van der Waals surface area contributed by atoms with E-state index in [9.17, 15) is 8.42 Å². The Bertz CT molecular complexity index is 380. The van der Waals surface area contributed by atoms with Crippen molar-refractivity contribution in [2.45, 2.75) is 45.1 Å². The fraction of sp³-hybridized carbons (Fsp3) is 1.00. The number of hydrogen-bond donors (Lipinski definition) is 2. The van der Waals surface area contributed by atoms with E-state index >= 15 is 0 Å². The maximum absolute atomic E-state index is 12.2. The number of nitrogens with zero attached hydrogens (tertiary/aromatic N) is 1. The molecule has 0 aromatic rings. The highest BCUT2D eigenvalue weighted by Gasteiger charge is 2.25. The van der Waals surface area contributed by atoms with Crippen molar-refractivity contribution < 1.29 is 8.42 Å². The first-order valence-electron chi connectivity index (χ1n) is 8.00. The van der Waals surface area contributed by atoms with Gasteiger partial charge < -0.3 is 5.32 Å². The molecule has 2 fully saturated rings. The maximum atomic E-state index is 12.2. The summed E-state index contributed by atoms with van der Waals surface area (Å²) in [6, 6.07) is 0.144. The van der Waals surface area contributed by atoms with E-state index in [0.29, 0.717) is 12.5 Å². The van der Waals surface area contributed by atoms with Gasteiger partial charge in [-0.05, 0) is 18.8 Å². The van der Waals surface area contributed by atoms with Gasteiger partial charge in [0.05, 0.1) is 5.75 Å². The van der Waals surface area contributed by atoms with E-state index in [1.807, 2.05) is 0 Å². The molecule has 0 spiro atoms. The topological polar surface area (TPSA) is 61.4 Å². The van der Waals surface area contributed by atoms with Gasteiger partial charge in [0.25, 0.3) is 0 Å². The normalized spacial score (nSPS) is 30.1. The average molecular weight is 303 g/mol. The quantitative estimate of drug-likeness (QED) is 0.737. The van der Waals surface area contributed by atoms with E-state index in [1.54, 1.807) is 0 Å². The largest absolute Gasteiger partial charge is 0.314 e. The Kier molecular flexibility index (Phi) is 6.26. The van der Waals surface area contributed by atoms with Crippen LogP contribution in [-0.2, 0) is 10.0 Å². The SMILES string of the molecule is CC1CCCCCC1NS(=O)(=O)CCN1CCNCC1. The van der Waals surface area contributed by atoms with Crippen LogP contribution in [0.3, 0.4) is 0 Å². The molecule has 0 aromatic heterocycles. The van der Waals surface area contributed by atoms with Crippen LogP contribution in [0.2, 0.25) is 0 Å². The van der Waals surface area contributed by atoms with Crippen LogP contribution in [0.4, 0.5) is 0 Å². The molecule has 5 nitrogen and oxygen atoms in total. The zero-order valence-corrected chi connectivity index (χ0v) is 13.4. The Morgan fingerprint density at radius 3 is 2.60 bits per heavy atom. The van der Waals surface area contributed by atoms with Crippen molar-refractivity contribution in [1.29, 1.82) is 0 Å². The van der Waals surface area contributed by atoms with Crippen molar-refractivity contribution in [2.75, 3.05) is 38.5 Å². The van der Waals surface area contributed by atoms with E-state index in [0.717, 1.165) is 45.4 Å². The Hall–Kier alpha value is -0.170. The first-order chi connectivity index (χ1) is 9.57. The van der Waals surface area contributed by atoms with Gasteiger partial charge in [0.1, 0.15) is 0 Å². The van der Waals surface area contributed by atoms with Crippen LogP contribution in [0.1, 0.15) is 39.0 Å². The molecule has 6 heteroatoms. The summed E-state index contributed by atoms with van der Waals surface area (Å²) >= 11 is 0. The van der Waals surface area contributed by atoms with Crippen molar-refractivity contribution >= 4 is 10.0 Å². The van der Waals surface area contributed by atoms with Gasteiger partial charge in [-0.3, -0.25) is 4.90 Å². The lowest BCUT2D eigenvalue weighted by Crippen LogP contribution is -2.47. The van der Waals surface area contributed by atoms with E-state index in [2.05, 4.69) is 21.9 Å². The van der Waals surface area contributed by atoms with Crippen LogP contribution in [0.5, 0.6) is 0 Å². The molecule has 2 unspecified atom stereocenters. The molecule has 1 aliphatic carbocycles. The van der Waals surface area contributed by atoms with Crippen molar-refractivity contribution in [3.8, 4) is 0 Å². The maximum Gasteiger partial charge on any atom is 0.213 e.